The number of rotatable bonds is 8. The number of carbonyl (C=O) groups is 2. The van der Waals surface area contributed by atoms with Crippen molar-refractivity contribution >= 4 is 24.2 Å². The van der Waals surface area contributed by atoms with Crippen LogP contribution in [0.4, 0.5) is 13.2 Å². The number of benzene rings is 1. The Morgan fingerprint density at radius 1 is 1.20 bits per heavy atom. The predicted molar refractivity (Wildman–Crippen MR) is 142 cm³/mol. The lowest BCUT2D eigenvalue weighted by Gasteiger charge is -2.16. The van der Waals surface area contributed by atoms with Gasteiger partial charge >= 0.3 is 12.1 Å². The van der Waals surface area contributed by atoms with Gasteiger partial charge in [-0.1, -0.05) is 23.9 Å². The number of pyridine rings is 1. The molecule has 1 aromatic carbocycles. The number of aromatic nitrogens is 4. The molecule has 1 saturated heterocycles. The van der Waals surface area contributed by atoms with E-state index in [1.807, 2.05) is 11.6 Å². The Hall–Kier alpha value is -3.45. The molecule has 3 aromatic rings. The number of carboxylic acids is 1. The van der Waals surface area contributed by atoms with Crippen molar-refractivity contribution in [1.82, 2.24) is 24.6 Å². The zero-order chi connectivity index (χ0) is 29.1. The monoisotopic (exact) mass is 577 g/mol. The molecule has 1 aliphatic heterocycles. The van der Waals surface area contributed by atoms with Gasteiger partial charge in [-0.25, -0.2) is 9.78 Å². The first kappa shape index (κ1) is 29.5. The van der Waals surface area contributed by atoms with Gasteiger partial charge in [0.15, 0.2) is 11.0 Å². The molecular formula is C27H30F3N5O4S. The Morgan fingerprint density at radius 3 is 2.52 bits per heavy atom. The number of hydrogen-bond acceptors (Lipinski definition) is 7. The third kappa shape index (κ3) is 6.47. The maximum atomic E-state index is 12.9. The lowest BCUT2D eigenvalue weighted by Crippen LogP contribution is -2.23. The molecule has 2 fully saturated rings. The standard InChI is InChI=1S/C26H28F3N5O2S.CH2O2/c1-16-19(8-9-21(30-16)23(35)36)22-31-32-24(33(22)2)37-13-3-11-34-12-10-25(15-34)14-20(25)17-4-6-18(7-5-17)26(27,28)29;2-1-3/h4-9,20H,3,10-15H2,1-2H3,(H,35,36);1H,(H,2,3)/t20-,25+;/m1./s1. The van der Waals surface area contributed by atoms with Crippen LogP contribution in [0, 0.1) is 12.3 Å². The van der Waals surface area contributed by atoms with Gasteiger partial charge in [0, 0.05) is 30.6 Å². The van der Waals surface area contributed by atoms with Gasteiger partial charge in [0.05, 0.1) is 5.56 Å². The van der Waals surface area contributed by atoms with Crippen LogP contribution in [0.3, 0.4) is 0 Å². The molecule has 9 nitrogen and oxygen atoms in total. The molecule has 0 unspecified atom stereocenters. The molecule has 2 aliphatic rings. The molecule has 1 aliphatic carbocycles. The Kier molecular flexibility index (Phi) is 8.83. The van der Waals surface area contributed by atoms with Crippen LogP contribution in [-0.2, 0) is 18.0 Å². The van der Waals surface area contributed by atoms with E-state index in [4.69, 9.17) is 15.0 Å². The highest BCUT2D eigenvalue weighted by Crippen LogP contribution is 2.64. The van der Waals surface area contributed by atoms with Crippen molar-refractivity contribution in [2.24, 2.45) is 12.5 Å². The van der Waals surface area contributed by atoms with Crippen molar-refractivity contribution in [2.45, 2.75) is 43.4 Å². The molecule has 2 aromatic heterocycles. The summed E-state index contributed by atoms with van der Waals surface area (Å²) in [6.45, 7) is 4.50. The molecule has 3 heterocycles. The number of aryl methyl sites for hydroxylation is 1. The number of carboxylic acid groups (broad SMARTS) is 2. The number of alkyl halides is 3. The van der Waals surface area contributed by atoms with Crippen molar-refractivity contribution in [1.29, 1.82) is 0 Å². The number of hydrogen-bond donors (Lipinski definition) is 2. The average molecular weight is 578 g/mol. The van der Waals surface area contributed by atoms with Crippen molar-refractivity contribution in [3.63, 3.8) is 0 Å². The van der Waals surface area contributed by atoms with E-state index in [1.54, 1.807) is 36.9 Å². The summed E-state index contributed by atoms with van der Waals surface area (Å²) in [5.41, 5.74) is 1.98. The smallest absolute Gasteiger partial charge is 0.416 e. The Labute approximate surface area is 233 Å². The van der Waals surface area contributed by atoms with E-state index >= 15 is 0 Å². The Morgan fingerprint density at radius 2 is 1.90 bits per heavy atom. The van der Waals surface area contributed by atoms with Gasteiger partial charge in [0.2, 0.25) is 0 Å². The van der Waals surface area contributed by atoms with E-state index in [9.17, 15) is 18.0 Å². The van der Waals surface area contributed by atoms with Gasteiger partial charge in [-0.2, -0.15) is 13.2 Å². The zero-order valence-electron chi connectivity index (χ0n) is 22.1. The minimum absolute atomic E-state index is 0.00131. The summed E-state index contributed by atoms with van der Waals surface area (Å²) in [5.74, 6) is 0.819. The molecule has 13 heteroatoms. The Balaban J connectivity index is 0.00000118. The van der Waals surface area contributed by atoms with Gasteiger partial charge in [-0.05, 0) is 80.4 Å². The second kappa shape index (κ2) is 12.0. The average Bonchev–Trinajstić information content (AvgIpc) is 3.26. The summed E-state index contributed by atoms with van der Waals surface area (Å²) in [6, 6.07) is 8.88. The van der Waals surface area contributed by atoms with Crippen LogP contribution in [0.2, 0.25) is 0 Å². The SMILES string of the molecule is Cc1nc(C(=O)O)ccc1-c1nnc(SCCCN2CC[C@]3(C[C@@H]3c3ccc(C(F)(F)F)cc3)C2)n1C.O=CO. The highest BCUT2D eigenvalue weighted by molar-refractivity contribution is 7.99. The largest absolute Gasteiger partial charge is 0.483 e. The number of thioether (sulfide) groups is 1. The fourth-order valence-corrected chi connectivity index (χ4v) is 6.23. The first-order valence-corrected chi connectivity index (χ1v) is 13.7. The maximum absolute atomic E-state index is 12.9. The first-order valence-electron chi connectivity index (χ1n) is 12.7. The minimum Gasteiger partial charge on any atom is -0.483 e. The number of aromatic carboxylic acids is 1. The van der Waals surface area contributed by atoms with Crippen LogP contribution >= 0.6 is 11.8 Å². The van der Waals surface area contributed by atoms with Crippen LogP contribution in [0.1, 0.15) is 52.5 Å². The number of likely N-dealkylation sites (tertiary alicyclic amines) is 1. The normalized spacial score (nSPS) is 20.3. The molecule has 1 spiro atoms. The summed E-state index contributed by atoms with van der Waals surface area (Å²) in [6.07, 6.45) is -1.17. The van der Waals surface area contributed by atoms with E-state index in [0.717, 1.165) is 60.9 Å². The molecule has 0 radical (unpaired) electrons. The topological polar surface area (TPSA) is 121 Å². The fourth-order valence-electron chi connectivity index (χ4n) is 5.39. The minimum atomic E-state index is -4.29. The van der Waals surface area contributed by atoms with E-state index in [-0.39, 0.29) is 17.6 Å². The van der Waals surface area contributed by atoms with Gasteiger partial charge in [0.1, 0.15) is 5.69 Å². The summed E-state index contributed by atoms with van der Waals surface area (Å²) < 4.78 is 40.5. The van der Waals surface area contributed by atoms with Crippen LogP contribution in [-0.4, -0.2) is 72.7 Å². The highest BCUT2D eigenvalue weighted by atomic mass is 32.2. The summed E-state index contributed by atoms with van der Waals surface area (Å²) in [5, 5.41) is 25.4. The first-order chi connectivity index (χ1) is 19.0. The van der Waals surface area contributed by atoms with Crippen LogP contribution < -0.4 is 0 Å². The lowest BCUT2D eigenvalue weighted by molar-refractivity contribution is -0.137. The van der Waals surface area contributed by atoms with Crippen molar-refractivity contribution in [3.05, 3.63) is 58.9 Å². The van der Waals surface area contributed by atoms with Crippen molar-refractivity contribution in [2.75, 3.05) is 25.4 Å². The fraction of sp³-hybridized carbons (Fsp3) is 0.444. The van der Waals surface area contributed by atoms with Crippen molar-refractivity contribution in [3.8, 4) is 11.4 Å². The predicted octanol–water partition coefficient (Wildman–Crippen LogP) is 4.97. The molecule has 0 bridgehead atoms. The van der Waals surface area contributed by atoms with Gasteiger partial charge in [-0.3, -0.25) is 4.79 Å². The van der Waals surface area contributed by atoms with Gasteiger partial charge < -0.3 is 19.7 Å². The maximum Gasteiger partial charge on any atom is 0.416 e. The Bertz CT molecular complexity index is 1370. The second-order valence-electron chi connectivity index (χ2n) is 10.1. The second-order valence-corrected chi connectivity index (χ2v) is 11.1. The van der Waals surface area contributed by atoms with Crippen LogP contribution in [0.25, 0.3) is 11.4 Å². The van der Waals surface area contributed by atoms with E-state index in [2.05, 4.69) is 20.1 Å². The lowest BCUT2D eigenvalue weighted by atomic mass is 9.97. The summed E-state index contributed by atoms with van der Waals surface area (Å²) >= 11 is 1.63. The van der Waals surface area contributed by atoms with Crippen LogP contribution in [0.15, 0.2) is 41.6 Å². The molecule has 2 N–H and O–H groups in total. The molecule has 40 heavy (non-hydrogen) atoms. The van der Waals surface area contributed by atoms with Gasteiger partial charge in [-0.15, -0.1) is 10.2 Å². The summed E-state index contributed by atoms with van der Waals surface area (Å²) in [7, 11) is 1.89. The van der Waals surface area contributed by atoms with E-state index < -0.39 is 17.7 Å². The zero-order valence-corrected chi connectivity index (χ0v) is 22.9. The molecule has 214 valence electrons. The molecule has 0 amide bonds. The highest BCUT2D eigenvalue weighted by Gasteiger charge is 2.57. The molecule has 5 rings (SSSR count). The molecular weight excluding hydrogens is 547 g/mol. The van der Waals surface area contributed by atoms with Gasteiger partial charge in [0.25, 0.3) is 6.47 Å². The molecule has 2 atom stereocenters. The number of nitrogens with zero attached hydrogens (tertiary/aromatic N) is 5. The summed E-state index contributed by atoms with van der Waals surface area (Å²) in [4.78, 5) is 26.1. The third-order valence-corrected chi connectivity index (χ3v) is 8.63. The van der Waals surface area contributed by atoms with E-state index in [1.165, 1.54) is 18.2 Å². The number of halogens is 3. The van der Waals surface area contributed by atoms with E-state index in [0.29, 0.717) is 17.4 Å². The molecule has 1 saturated carbocycles. The van der Waals surface area contributed by atoms with Crippen LogP contribution in [0.5, 0.6) is 0 Å². The van der Waals surface area contributed by atoms with Crippen molar-refractivity contribution < 1.29 is 33.0 Å². The third-order valence-electron chi connectivity index (χ3n) is 7.53. The quantitative estimate of drug-likeness (QED) is 0.217.